The van der Waals surface area contributed by atoms with Gasteiger partial charge in [-0.05, 0) is 50.5 Å². The first-order valence-electron chi connectivity index (χ1n) is 11.8. The van der Waals surface area contributed by atoms with E-state index in [2.05, 4.69) is 26.9 Å². The maximum atomic E-state index is 12.4. The van der Waals surface area contributed by atoms with E-state index in [9.17, 15) is 14.9 Å². The van der Waals surface area contributed by atoms with Crippen molar-refractivity contribution in [1.82, 2.24) is 15.5 Å². The number of carbonyl (C=O) groups excluding carboxylic acids is 2. The van der Waals surface area contributed by atoms with E-state index in [0.717, 1.165) is 68.6 Å². The summed E-state index contributed by atoms with van der Waals surface area (Å²) in [6.07, 6.45) is 11.2. The minimum absolute atomic E-state index is 0.0245. The standard InChI is InChI=1S/C23H33N5O2S/c24-15-19-18-7-4-8-20(18)31-22(19)27-21(29)11-14-28-12-9-17(10-13-28)26-23(30)25-16-5-2-1-3-6-16/h16-17H,1-14H2,(H,27,29)(H2,25,26,30). The molecule has 2 heterocycles. The number of urea groups is 1. The molecule has 1 aromatic heterocycles. The van der Waals surface area contributed by atoms with Crippen LogP contribution in [0.3, 0.4) is 0 Å². The van der Waals surface area contributed by atoms with E-state index in [4.69, 9.17) is 0 Å². The molecule has 1 aromatic rings. The Hall–Kier alpha value is -2.11. The second-order valence-electron chi connectivity index (χ2n) is 9.04. The van der Waals surface area contributed by atoms with Crippen LogP contribution in [0.25, 0.3) is 0 Å². The Bertz CT molecular complexity index is 832. The summed E-state index contributed by atoms with van der Waals surface area (Å²) in [5, 5.41) is 19.4. The van der Waals surface area contributed by atoms with Crippen LogP contribution in [-0.4, -0.2) is 48.6 Å². The Balaban J connectivity index is 1.15. The Kier molecular flexibility index (Phi) is 7.46. The fourth-order valence-electron chi connectivity index (χ4n) is 5.02. The fourth-order valence-corrected chi connectivity index (χ4v) is 6.28. The van der Waals surface area contributed by atoms with E-state index in [1.165, 1.54) is 24.1 Å². The van der Waals surface area contributed by atoms with Gasteiger partial charge in [-0.2, -0.15) is 5.26 Å². The van der Waals surface area contributed by atoms with Crippen molar-refractivity contribution in [3.63, 3.8) is 0 Å². The minimum Gasteiger partial charge on any atom is -0.335 e. The van der Waals surface area contributed by atoms with Gasteiger partial charge < -0.3 is 20.9 Å². The lowest BCUT2D eigenvalue weighted by Gasteiger charge is -2.32. The average Bonchev–Trinajstić information content (AvgIpc) is 3.34. The molecule has 4 rings (SSSR count). The van der Waals surface area contributed by atoms with Crippen LogP contribution < -0.4 is 16.0 Å². The molecule has 0 aromatic carbocycles. The molecule has 2 fully saturated rings. The van der Waals surface area contributed by atoms with Crippen LogP contribution in [0.2, 0.25) is 0 Å². The molecular weight excluding hydrogens is 410 g/mol. The minimum atomic E-state index is -0.0270. The molecule has 3 N–H and O–H groups in total. The Labute approximate surface area is 188 Å². The number of nitrogens with one attached hydrogen (secondary N) is 3. The molecule has 0 spiro atoms. The number of carbonyl (C=O) groups is 2. The van der Waals surface area contributed by atoms with Gasteiger partial charge >= 0.3 is 6.03 Å². The number of hydrogen-bond donors (Lipinski definition) is 3. The molecule has 2 aliphatic carbocycles. The van der Waals surface area contributed by atoms with Crippen molar-refractivity contribution in [2.24, 2.45) is 0 Å². The van der Waals surface area contributed by atoms with Crippen LogP contribution >= 0.6 is 11.3 Å². The first-order chi connectivity index (χ1) is 15.1. The zero-order valence-corrected chi connectivity index (χ0v) is 19.0. The molecule has 0 radical (unpaired) electrons. The van der Waals surface area contributed by atoms with Crippen LogP contribution in [0.15, 0.2) is 0 Å². The molecular formula is C23H33N5O2S. The van der Waals surface area contributed by atoms with Crippen molar-refractivity contribution in [3.05, 3.63) is 16.0 Å². The molecule has 3 amide bonds. The molecule has 8 heteroatoms. The highest BCUT2D eigenvalue weighted by Crippen LogP contribution is 2.38. The number of nitrogens with zero attached hydrogens (tertiary/aromatic N) is 2. The van der Waals surface area contributed by atoms with Gasteiger partial charge in [0.15, 0.2) is 0 Å². The van der Waals surface area contributed by atoms with Gasteiger partial charge in [-0.15, -0.1) is 11.3 Å². The van der Waals surface area contributed by atoms with Gasteiger partial charge in [-0.1, -0.05) is 19.3 Å². The fraction of sp³-hybridized carbons (Fsp3) is 0.696. The van der Waals surface area contributed by atoms with Crippen LogP contribution in [-0.2, 0) is 17.6 Å². The number of aryl methyl sites for hydroxylation is 1. The number of fused-ring (bicyclic) bond motifs is 1. The third-order valence-electron chi connectivity index (χ3n) is 6.80. The van der Waals surface area contributed by atoms with Crippen molar-refractivity contribution >= 4 is 28.3 Å². The third-order valence-corrected chi connectivity index (χ3v) is 8.01. The molecule has 0 unspecified atom stereocenters. The summed E-state index contributed by atoms with van der Waals surface area (Å²) in [4.78, 5) is 28.2. The molecule has 1 saturated carbocycles. The average molecular weight is 444 g/mol. The van der Waals surface area contributed by atoms with Crippen molar-refractivity contribution < 1.29 is 9.59 Å². The van der Waals surface area contributed by atoms with Gasteiger partial charge in [0.1, 0.15) is 11.1 Å². The zero-order valence-electron chi connectivity index (χ0n) is 18.2. The summed E-state index contributed by atoms with van der Waals surface area (Å²) in [6, 6.07) is 2.79. The van der Waals surface area contributed by atoms with E-state index in [0.29, 0.717) is 24.6 Å². The van der Waals surface area contributed by atoms with Gasteiger partial charge in [0, 0.05) is 43.0 Å². The lowest BCUT2D eigenvalue weighted by Crippen LogP contribution is -2.50. The van der Waals surface area contributed by atoms with Crippen LogP contribution in [0, 0.1) is 11.3 Å². The Morgan fingerprint density at radius 3 is 2.42 bits per heavy atom. The van der Waals surface area contributed by atoms with Crippen molar-refractivity contribution in [1.29, 1.82) is 5.26 Å². The maximum Gasteiger partial charge on any atom is 0.315 e. The summed E-state index contributed by atoms with van der Waals surface area (Å²) in [5.74, 6) is -0.0245. The predicted octanol–water partition coefficient (Wildman–Crippen LogP) is 3.53. The number of likely N-dealkylation sites (tertiary alicyclic amines) is 1. The van der Waals surface area contributed by atoms with E-state index >= 15 is 0 Å². The molecule has 168 valence electrons. The van der Waals surface area contributed by atoms with Crippen LogP contribution in [0.5, 0.6) is 0 Å². The number of thiophene rings is 1. The number of rotatable bonds is 6. The Morgan fingerprint density at radius 1 is 1.00 bits per heavy atom. The largest absolute Gasteiger partial charge is 0.335 e. The van der Waals surface area contributed by atoms with E-state index in [1.807, 2.05) is 0 Å². The highest BCUT2D eigenvalue weighted by atomic mass is 32.1. The summed E-state index contributed by atoms with van der Waals surface area (Å²) >= 11 is 1.57. The maximum absolute atomic E-state index is 12.4. The lowest BCUT2D eigenvalue weighted by molar-refractivity contribution is -0.116. The first kappa shape index (κ1) is 22.1. The van der Waals surface area contributed by atoms with Gasteiger partial charge in [0.05, 0.1) is 5.56 Å². The lowest BCUT2D eigenvalue weighted by atomic mass is 9.96. The normalized spacial score (nSPS) is 20.1. The van der Waals surface area contributed by atoms with Crippen molar-refractivity contribution in [2.75, 3.05) is 25.0 Å². The molecule has 31 heavy (non-hydrogen) atoms. The number of piperidine rings is 1. The van der Waals surface area contributed by atoms with Gasteiger partial charge in [0.25, 0.3) is 0 Å². The summed E-state index contributed by atoms with van der Waals surface area (Å²) in [6.45, 7) is 2.48. The second-order valence-corrected chi connectivity index (χ2v) is 10.1. The van der Waals surface area contributed by atoms with E-state index in [1.54, 1.807) is 11.3 Å². The van der Waals surface area contributed by atoms with E-state index < -0.39 is 0 Å². The number of hydrogen-bond acceptors (Lipinski definition) is 5. The second kappa shape index (κ2) is 10.5. The molecule has 0 bridgehead atoms. The molecule has 7 nitrogen and oxygen atoms in total. The molecule has 0 atom stereocenters. The number of amides is 3. The first-order valence-corrected chi connectivity index (χ1v) is 12.6. The number of nitriles is 1. The third kappa shape index (κ3) is 5.78. The van der Waals surface area contributed by atoms with Gasteiger partial charge in [-0.3, -0.25) is 4.79 Å². The molecule has 1 aliphatic heterocycles. The molecule has 1 saturated heterocycles. The smallest absolute Gasteiger partial charge is 0.315 e. The highest BCUT2D eigenvalue weighted by molar-refractivity contribution is 7.16. The van der Waals surface area contributed by atoms with Crippen LogP contribution in [0.1, 0.15) is 73.8 Å². The highest BCUT2D eigenvalue weighted by Gasteiger charge is 2.25. The monoisotopic (exact) mass is 443 g/mol. The van der Waals surface area contributed by atoms with Crippen LogP contribution in [0.4, 0.5) is 9.80 Å². The SMILES string of the molecule is N#Cc1c(NC(=O)CCN2CCC(NC(=O)NC3CCCCC3)CC2)sc2c1CCC2. The van der Waals surface area contributed by atoms with E-state index in [-0.39, 0.29) is 18.0 Å². The Morgan fingerprint density at radius 2 is 1.71 bits per heavy atom. The molecule has 3 aliphatic rings. The van der Waals surface area contributed by atoms with Crippen molar-refractivity contribution in [2.45, 2.75) is 82.7 Å². The van der Waals surface area contributed by atoms with Gasteiger partial charge in [0.2, 0.25) is 5.91 Å². The van der Waals surface area contributed by atoms with Gasteiger partial charge in [-0.25, -0.2) is 4.79 Å². The number of anilines is 1. The topological polar surface area (TPSA) is 97.3 Å². The summed E-state index contributed by atoms with van der Waals surface area (Å²) in [7, 11) is 0. The summed E-state index contributed by atoms with van der Waals surface area (Å²) < 4.78 is 0. The summed E-state index contributed by atoms with van der Waals surface area (Å²) in [5.41, 5.74) is 1.81. The quantitative estimate of drug-likeness (QED) is 0.626. The zero-order chi connectivity index (χ0) is 21.6. The van der Waals surface area contributed by atoms with Crippen molar-refractivity contribution in [3.8, 4) is 6.07 Å². The predicted molar refractivity (Wildman–Crippen MR) is 122 cm³/mol.